The van der Waals surface area contributed by atoms with E-state index in [4.69, 9.17) is 16.9 Å². The Kier molecular flexibility index (Phi) is 2.80. The van der Waals surface area contributed by atoms with Gasteiger partial charge in [-0.1, -0.05) is 11.6 Å². The summed E-state index contributed by atoms with van der Waals surface area (Å²) in [5.41, 5.74) is -0.248. The molecule has 1 fully saturated rings. The minimum atomic E-state index is -0.670. The van der Waals surface area contributed by atoms with Gasteiger partial charge in [-0.05, 0) is 31.4 Å². The molecule has 4 nitrogen and oxygen atoms in total. The van der Waals surface area contributed by atoms with Crippen LogP contribution in [-0.2, 0) is 0 Å². The van der Waals surface area contributed by atoms with Gasteiger partial charge in [0.1, 0.15) is 10.7 Å². The molecule has 1 aliphatic rings. The molecule has 1 aromatic heterocycles. The Morgan fingerprint density at radius 3 is 2.75 bits per heavy atom. The molecule has 0 spiro atoms. The molecule has 1 saturated carbocycles. The van der Waals surface area contributed by atoms with Crippen molar-refractivity contribution in [2.75, 3.05) is 0 Å². The average molecular weight is 236 g/mol. The first-order valence-corrected chi connectivity index (χ1v) is 5.38. The lowest BCUT2D eigenvalue weighted by Gasteiger charge is -2.35. The fraction of sp³-hybridized carbons (Fsp3) is 0.364. The van der Waals surface area contributed by atoms with Crippen molar-refractivity contribution in [1.82, 2.24) is 10.3 Å². The van der Waals surface area contributed by atoms with E-state index in [0.717, 1.165) is 19.3 Å². The van der Waals surface area contributed by atoms with Crippen LogP contribution in [0.25, 0.3) is 0 Å². The number of carbonyl (C=O) groups excluding carboxylic acids is 1. The zero-order chi connectivity index (χ0) is 11.6. The molecule has 0 unspecified atom stereocenters. The van der Waals surface area contributed by atoms with E-state index in [0.29, 0.717) is 10.7 Å². The summed E-state index contributed by atoms with van der Waals surface area (Å²) >= 11 is 5.62. The van der Waals surface area contributed by atoms with Gasteiger partial charge in [-0.2, -0.15) is 5.26 Å². The van der Waals surface area contributed by atoms with Crippen molar-refractivity contribution < 1.29 is 4.79 Å². The van der Waals surface area contributed by atoms with Crippen molar-refractivity contribution in [3.05, 3.63) is 29.0 Å². The highest BCUT2D eigenvalue weighted by atomic mass is 35.5. The topological polar surface area (TPSA) is 65.8 Å². The highest BCUT2D eigenvalue weighted by Gasteiger charge is 2.38. The maximum Gasteiger partial charge on any atom is 0.254 e. The molecule has 1 amide bonds. The van der Waals surface area contributed by atoms with E-state index in [9.17, 15) is 4.79 Å². The molecule has 0 atom stereocenters. The Hall–Kier alpha value is -1.60. The van der Waals surface area contributed by atoms with Gasteiger partial charge in [-0.15, -0.1) is 0 Å². The molecule has 1 heterocycles. The normalized spacial score (nSPS) is 17.0. The van der Waals surface area contributed by atoms with Gasteiger partial charge in [-0.3, -0.25) is 4.79 Å². The summed E-state index contributed by atoms with van der Waals surface area (Å²) in [4.78, 5) is 15.6. The first-order chi connectivity index (χ1) is 7.65. The predicted molar refractivity (Wildman–Crippen MR) is 58.9 cm³/mol. The number of rotatable bonds is 2. The van der Waals surface area contributed by atoms with Crippen LogP contribution in [0, 0.1) is 11.3 Å². The molecule has 0 aromatic carbocycles. The molecule has 1 aromatic rings. The maximum atomic E-state index is 11.8. The molecule has 5 heteroatoms. The number of nitrogens with one attached hydrogen (secondary N) is 1. The summed E-state index contributed by atoms with van der Waals surface area (Å²) in [5.74, 6) is -0.273. The lowest BCUT2D eigenvalue weighted by molar-refractivity contribution is 0.0881. The average Bonchev–Trinajstić information content (AvgIpc) is 2.24. The number of nitrogens with zero attached hydrogens (tertiary/aromatic N) is 2. The molecule has 1 aliphatic carbocycles. The first kappa shape index (κ1) is 10.9. The molecule has 16 heavy (non-hydrogen) atoms. The minimum absolute atomic E-state index is 0.273. The number of nitriles is 1. The third-order valence-corrected chi connectivity index (χ3v) is 2.99. The summed E-state index contributed by atoms with van der Waals surface area (Å²) in [5, 5.41) is 12.0. The van der Waals surface area contributed by atoms with Gasteiger partial charge in [-0.25, -0.2) is 4.98 Å². The molecule has 0 saturated heterocycles. The standard InChI is InChI=1S/C11H10ClN3O/c12-9-3-2-8(6-14-9)10(16)15-11(7-13)4-1-5-11/h2-3,6H,1,4-5H2,(H,15,16). The zero-order valence-corrected chi connectivity index (χ0v) is 9.29. The number of carbonyl (C=O) groups is 1. The first-order valence-electron chi connectivity index (χ1n) is 5.00. The molecular formula is C11H10ClN3O. The monoisotopic (exact) mass is 235 g/mol. The molecular weight excluding hydrogens is 226 g/mol. The lowest BCUT2D eigenvalue weighted by atomic mass is 9.78. The van der Waals surface area contributed by atoms with Gasteiger partial charge in [0.25, 0.3) is 5.91 Å². The van der Waals surface area contributed by atoms with E-state index >= 15 is 0 Å². The van der Waals surface area contributed by atoms with Crippen LogP contribution in [0.5, 0.6) is 0 Å². The quantitative estimate of drug-likeness (QED) is 0.797. The van der Waals surface area contributed by atoms with Crippen molar-refractivity contribution in [3.63, 3.8) is 0 Å². The smallest absolute Gasteiger partial charge is 0.254 e. The second-order valence-corrected chi connectivity index (χ2v) is 4.26. The molecule has 82 valence electrons. The summed E-state index contributed by atoms with van der Waals surface area (Å²) in [6, 6.07) is 5.29. The van der Waals surface area contributed by atoms with Gasteiger partial charge in [0.15, 0.2) is 0 Å². The number of pyridine rings is 1. The van der Waals surface area contributed by atoms with Crippen molar-refractivity contribution in [2.45, 2.75) is 24.8 Å². The fourth-order valence-corrected chi connectivity index (χ4v) is 1.71. The number of amides is 1. The predicted octanol–water partition coefficient (Wildman–Crippen LogP) is 1.91. The fourth-order valence-electron chi connectivity index (χ4n) is 1.59. The summed E-state index contributed by atoms with van der Waals surface area (Å²) in [7, 11) is 0. The van der Waals surface area contributed by atoms with Crippen molar-refractivity contribution in [2.24, 2.45) is 0 Å². The van der Waals surface area contributed by atoms with Crippen molar-refractivity contribution >= 4 is 17.5 Å². The Balaban J connectivity index is 2.09. The van der Waals surface area contributed by atoms with Crippen LogP contribution in [0.4, 0.5) is 0 Å². The van der Waals surface area contributed by atoms with Gasteiger partial charge in [0.05, 0.1) is 11.6 Å². The summed E-state index contributed by atoms with van der Waals surface area (Å²) in [6.45, 7) is 0. The number of aromatic nitrogens is 1. The van der Waals surface area contributed by atoms with Crippen LogP contribution in [0.3, 0.4) is 0 Å². The van der Waals surface area contributed by atoms with E-state index in [1.807, 2.05) is 0 Å². The zero-order valence-electron chi connectivity index (χ0n) is 8.53. The Labute approximate surface area is 98.2 Å². The second-order valence-electron chi connectivity index (χ2n) is 3.87. The van der Waals surface area contributed by atoms with Crippen LogP contribution < -0.4 is 5.32 Å². The largest absolute Gasteiger partial charge is 0.334 e. The van der Waals surface area contributed by atoms with E-state index in [1.54, 1.807) is 12.1 Å². The van der Waals surface area contributed by atoms with Gasteiger partial charge >= 0.3 is 0 Å². The van der Waals surface area contributed by atoms with E-state index < -0.39 is 5.54 Å². The maximum absolute atomic E-state index is 11.8. The van der Waals surface area contributed by atoms with Crippen molar-refractivity contribution in [1.29, 1.82) is 5.26 Å². The Bertz CT molecular complexity index is 445. The molecule has 0 aliphatic heterocycles. The van der Waals surface area contributed by atoms with Crippen LogP contribution >= 0.6 is 11.6 Å². The number of hydrogen-bond donors (Lipinski definition) is 1. The van der Waals surface area contributed by atoms with E-state index in [2.05, 4.69) is 16.4 Å². The minimum Gasteiger partial charge on any atom is -0.334 e. The van der Waals surface area contributed by atoms with Crippen LogP contribution in [0.15, 0.2) is 18.3 Å². The van der Waals surface area contributed by atoms with E-state index in [-0.39, 0.29) is 5.91 Å². The Morgan fingerprint density at radius 2 is 2.31 bits per heavy atom. The van der Waals surface area contributed by atoms with Crippen LogP contribution in [0.1, 0.15) is 29.6 Å². The highest BCUT2D eigenvalue weighted by molar-refractivity contribution is 6.29. The lowest BCUT2D eigenvalue weighted by Crippen LogP contribution is -2.52. The SMILES string of the molecule is N#CC1(NC(=O)c2ccc(Cl)nc2)CCC1. The van der Waals surface area contributed by atoms with Crippen LogP contribution in [0.2, 0.25) is 5.15 Å². The third kappa shape index (κ3) is 2.00. The summed E-state index contributed by atoms with van der Waals surface area (Å²) in [6.07, 6.45) is 3.82. The van der Waals surface area contributed by atoms with Crippen molar-refractivity contribution in [3.8, 4) is 6.07 Å². The van der Waals surface area contributed by atoms with E-state index in [1.165, 1.54) is 6.20 Å². The number of halogens is 1. The molecule has 0 radical (unpaired) electrons. The third-order valence-electron chi connectivity index (χ3n) is 2.76. The highest BCUT2D eigenvalue weighted by Crippen LogP contribution is 2.31. The molecule has 0 bridgehead atoms. The van der Waals surface area contributed by atoms with Crippen LogP contribution in [-0.4, -0.2) is 16.4 Å². The Morgan fingerprint density at radius 1 is 1.56 bits per heavy atom. The van der Waals surface area contributed by atoms with Gasteiger partial charge in [0, 0.05) is 6.20 Å². The molecule has 1 N–H and O–H groups in total. The number of hydrogen-bond acceptors (Lipinski definition) is 3. The molecule has 2 rings (SSSR count). The van der Waals surface area contributed by atoms with Gasteiger partial charge < -0.3 is 5.32 Å². The summed E-state index contributed by atoms with van der Waals surface area (Å²) < 4.78 is 0. The van der Waals surface area contributed by atoms with Gasteiger partial charge in [0.2, 0.25) is 0 Å². The second kappa shape index (κ2) is 4.11.